The monoisotopic (exact) mass is 295 g/mol. The van der Waals surface area contributed by atoms with Gasteiger partial charge in [-0.15, -0.1) is 0 Å². The highest BCUT2D eigenvalue weighted by Gasteiger charge is 2.64. The van der Waals surface area contributed by atoms with Gasteiger partial charge >= 0.3 is 0 Å². The van der Waals surface area contributed by atoms with Crippen molar-refractivity contribution in [2.24, 2.45) is 16.7 Å². The minimum Gasteiger partial charge on any atom is -0.369 e. The minimum atomic E-state index is 0.386. The molecule has 0 spiro atoms. The van der Waals surface area contributed by atoms with E-state index in [1.165, 1.54) is 0 Å². The summed E-state index contributed by atoms with van der Waals surface area (Å²) in [4.78, 5) is 8.95. The van der Waals surface area contributed by atoms with Gasteiger partial charge in [-0.05, 0) is 30.1 Å². The Balaban J connectivity index is 2.10. The number of aryl methyl sites for hydroxylation is 1. The normalized spacial score (nSPS) is 19.9. The van der Waals surface area contributed by atoms with Gasteiger partial charge in [-0.2, -0.15) is 0 Å². The molecule has 0 atom stereocenters. The number of anilines is 1. The van der Waals surface area contributed by atoms with E-state index in [0.717, 1.165) is 36.6 Å². The summed E-state index contributed by atoms with van der Waals surface area (Å²) in [7, 11) is 0. The highest BCUT2D eigenvalue weighted by Crippen LogP contribution is 2.68. The van der Waals surface area contributed by atoms with Crippen molar-refractivity contribution in [3.8, 4) is 0 Å². The molecule has 0 aliphatic heterocycles. The first-order valence-corrected chi connectivity index (χ1v) is 7.86. The van der Waals surface area contributed by atoms with Crippen LogP contribution < -0.4 is 5.32 Å². The van der Waals surface area contributed by atoms with Gasteiger partial charge in [0.25, 0.3) is 0 Å². The predicted molar refractivity (Wildman–Crippen MR) is 85.3 cm³/mol. The average Bonchev–Trinajstić information content (AvgIpc) is 2.73. The molecule has 20 heavy (non-hydrogen) atoms. The lowest BCUT2D eigenvalue weighted by Crippen LogP contribution is -2.12. The van der Waals surface area contributed by atoms with Gasteiger partial charge in [-0.1, -0.05) is 46.2 Å². The standard InChI is InChI=1S/C16H26ClN3/c1-7-8-12-19-13(17)10(2)14(20-12)18-9-11-15(3,4)16(11,5)6/h11H,7-9H2,1-6H3,(H,18,19,20). The zero-order chi connectivity index (χ0) is 15.1. The molecular weight excluding hydrogens is 270 g/mol. The van der Waals surface area contributed by atoms with Crippen LogP contribution in [0.2, 0.25) is 5.15 Å². The Morgan fingerprint density at radius 3 is 2.25 bits per heavy atom. The highest BCUT2D eigenvalue weighted by atomic mass is 35.5. The Bertz CT molecular complexity index is 495. The SMILES string of the molecule is CCCc1nc(Cl)c(C)c(NCC2C(C)(C)C2(C)C)n1. The number of halogens is 1. The number of hydrogen-bond acceptors (Lipinski definition) is 3. The Labute approximate surface area is 127 Å². The van der Waals surface area contributed by atoms with Gasteiger partial charge in [0, 0.05) is 18.5 Å². The molecule has 1 aliphatic carbocycles. The smallest absolute Gasteiger partial charge is 0.137 e. The first kappa shape index (κ1) is 15.6. The fraction of sp³-hybridized carbons (Fsp3) is 0.750. The second kappa shape index (κ2) is 5.18. The molecule has 112 valence electrons. The summed E-state index contributed by atoms with van der Waals surface area (Å²) in [6.45, 7) is 14.4. The van der Waals surface area contributed by atoms with E-state index in [9.17, 15) is 0 Å². The van der Waals surface area contributed by atoms with Gasteiger partial charge in [0.1, 0.15) is 16.8 Å². The second-order valence-electron chi connectivity index (χ2n) is 7.03. The molecule has 1 aromatic rings. The van der Waals surface area contributed by atoms with Crippen LogP contribution in [-0.4, -0.2) is 16.5 Å². The van der Waals surface area contributed by atoms with E-state index in [-0.39, 0.29) is 0 Å². The number of nitrogens with one attached hydrogen (secondary N) is 1. The molecule has 1 heterocycles. The molecular formula is C16H26ClN3. The van der Waals surface area contributed by atoms with Crippen molar-refractivity contribution in [2.75, 3.05) is 11.9 Å². The van der Waals surface area contributed by atoms with Crippen LogP contribution in [0.1, 0.15) is 52.4 Å². The van der Waals surface area contributed by atoms with E-state index in [1.807, 2.05) is 6.92 Å². The van der Waals surface area contributed by atoms with Crippen LogP contribution in [0.5, 0.6) is 0 Å². The maximum atomic E-state index is 6.21. The van der Waals surface area contributed by atoms with Gasteiger partial charge in [-0.3, -0.25) is 0 Å². The molecule has 1 N–H and O–H groups in total. The summed E-state index contributed by atoms with van der Waals surface area (Å²) >= 11 is 6.21. The summed E-state index contributed by atoms with van der Waals surface area (Å²) in [5.41, 5.74) is 1.72. The zero-order valence-corrected chi connectivity index (χ0v) is 14.2. The van der Waals surface area contributed by atoms with Gasteiger partial charge in [0.2, 0.25) is 0 Å². The van der Waals surface area contributed by atoms with Crippen molar-refractivity contribution in [1.29, 1.82) is 0 Å². The van der Waals surface area contributed by atoms with Gasteiger partial charge in [0.05, 0.1) is 0 Å². The molecule has 1 aliphatic rings. The molecule has 2 rings (SSSR count). The molecule has 0 saturated heterocycles. The number of rotatable bonds is 5. The number of aromatic nitrogens is 2. The van der Waals surface area contributed by atoms with Crippen LogP contribution in [0.15, 0.2) is 0 Å². The Hall–Kier alpha value is -0.830. The fourth-order valence-corrected chi connectivity index (χ4v) is 3.27. The molecule has 0 radical (unpaired) electrons. The van der Waals surface area contributed by atoms with Crippen LogP contribution in [0.4, 0.5) is 5.82 Å². The fourth-order valence-electron chi connectivity index (χ4n) is 3.08. The van der Waals surface area contributed by atoms with Gasteiger partial charge in [0.15, 0.2) is 0 Å². The molecule has 3 nitrogen and oxygen atoms in total. The molecule has 0 unspecified atom stereocenters. The van der Waals surface area contributed by atoms with Crippen LogP contribution >= 0.6 is 11.6 Å². The maximum absolute atomic E-state index is 6.21. The highest BCUT2D eigenvalue weighted by molar-refractivity contribution is 6.30. The van der Waals surface area contributed by atoms with Crippen molar-refractivity contribution >= 4 is 17.4 Å². The van der Waals surface area contributed by atoms with Crippen LogP contribution in [0.3, 0.4) is 0 Å². The summed E-state index contributed by atoms with van der Waals surface area (Å²) < 4.78 is 0. The second-order valence-corrected chi connectivity index (χ2v) is 7.39. The molecule has 0 bridgehead atoms. The Morgan fingerprint density at radius 1 is 1.15 bits per heavy atom. The molecule has 4 heteroatoms. The third-order valence-corrected chi connectivity index (χ3v) is 5.77. The lowest BCUT2D eigenvalue weighted by Gasteiger charge is -2.12. The Kier molecular flexibility index (Phi) is 4.03. The minimum absolute atomic E-state index is 0.386. The topological polar surface area (TPSA) is 37.8 Å². The summed E-state index contributed by atoms with van der Waals surface area (Å²) in [6.07, 6.45) is 1.90. The molecule has 1 fully saturated rings. The van der Waals surface area contributed by atoms with E-state index >= 15 is 0 Å². The first-order valence-electron chi connectivity index (χ1n) is 7.48. The van der Waals surface area contributed by atoms with E-state index in [2.05, 4.69) is 49.9 Å². The van der Waals surface area contributed by atoms with Crippen molar-refractivity contribution in [2.45, 2.75) is 54.4 Å². The van der Waals surface area contributed by atoms with E-state index in [0.29, 0.717) is 21.9 Å². The lowest BCUT2D eigenvalue weighted by atomic mass is 10.0. The average molecular weight is 296 g/mol. The van der Waals surface area contributed by atoms with Crippen molar-refractivity contribution < 1.29 is 0 Å². The molecule has 1 saturated carbocycles. The molecule has 1 aromatic heterocycles. The van der Waals surface area contributed by atoms with Crippen LogP contribution in [0, 0.1) is 23.7 Å². The Morgan fingerprint density at radius 2 is 1.75 bits per heavy atom. The van der Waals surface area contributed by atoms with E-state index in [1.54, 1.807) is 0 Å². The lowest BCUT2D eigenvalue weighted by molar-refractivity contribution is 0.457. The first-order chi connectivity index (χ1) is 9.21. The van der Waals surface area contributed by atoms with Gasteiger partial charge < -0.3 is 5.32 Å². The van der Waals surface area contributed by atoms with E-state index < -0.39 is 0 Å². The summed E-state index contributed by atoms with van der Waals surface area (Å²) in [6, 6.07) is 0. The largest absolute Gasteiger partial charge is 0.369 e. The zero-order valence-electron chi connectivity index (χ0n) is 13.5. The molecule has 0 aromatic carbocycles. The van der Waals surface area contributed by atoms with Gasteiger partial charge in [-0.25, -0.2) is 9.97 Å². The number of nitrogens with zero attached hydrogens (tertiary/aromatic N) is 2. The van der Waals surface area contributed by atoms with Crippen LogP contribution in [-0.2, 0) is 6.42 Å². The van der Waals surface area contributed by atoms with Crippen LogP contribution in [0.25, 0.3) is 0 Å². The summed E-state index contributed by atoms with van der Waals surface area (Å²) in [5.74, 6) is 2.39. The van der Waals surface area contributed by atoms with Crippen molar-refractivity contribution in [1.82, 2.24) is 9.97 Å². The third kappa shape index (κ3) is 2.52. The predicted octanol–water partition coefficient (Wildman–Crippen LogP) is 4.49. The third-order valence-electron chi connectivity index (χ3n) is 5.40. The number of hydrogen-bond donors (Lipinski definition) is 1. The maximum Gasteiger partial charge on any atom is 0.137 e. The van der Waals surface area contributed by atoms with Crippen molar-refractivity contribution in [3.05, 3.63) is 16.5 Å². The molecule has 0 amide bonds. The summed E-state index contributed by atoms with van der Waals surface area (Å²) in [5, 5.41) is 4.06. The van der Waals surface area contributed by atoms with E-state index in [4.69, 9.17) is 11.6 Å². The quantitative estimate of drug-likeness (QED) is 0.814. The van der Waals surface area contributed by atoms with Crippen molar-refractivity contribution in [3.63, 3.8) is 0 Å².